The largest absolute Gasteiger partial charge is 0.490 e. The van der Waals surface area contributed by atoms with Crippen molar-refractivity contribution in [3.63, 3.8) is 0 Å². The molecular formula is C10H14N2O3S. The van der Waals surface area contributed by atoms with Gasteiger partial charge in [-0.25, -0.2) is 5.14 Å². The summed E-state index contributed by atoms with van der Waals surface area (Å²) in [4.78, 5) is 0. The van der Waals surface area contributed by atoms with Crippen LogP contribution in [0.5, 0.6) is 5.75 Å². The number of nitrogens with two attached hydrogens (primary N) is 1. The highest BCUT2D eigenvalue weighted by molar-refractivity contribution is 7.87. The number of nitrogens with one attached hydrogen (secondary N) is 1. The average Bonchev–Trinajstić information content (AvgIpc) is 2.14. The summed E-state index contributed by atoms with van der Waals surface area (Å²) >= 11 is 0. The molecule has 0 aromatic heterocycles. The molecule has 0 aliphatic carbocycles. The molecule has 1 aromatic carbocycles. The molecule has 1 aliphatic heterocycles. The van der Waals surface area contributed by atoms with Crippen molar-refractivity contribution >= 4 is 10.2 Å². The summed E-state index contributed by atoms with van der Waals surface area (Å²) in [7, 11) is -3.70. The Labute approximate surface area is 94.8 Å². The molecule has 0 bridgehead atoms. The van der Waals surface area contributed by atoms with Crippen LogP contribution in [0.3, 0.4) is 0 Å². The van der Waals surface area contributed by atoms with Gasteiger partial charge >= 0.3 is 0 Å². The molecule has 0 unspecified atom stereocenters. The Balaban J connectivity index is 2.34. The van der Waals surface area contributed by atoms with Crippen molar-refractivity contribution in [3.8, 4) is 5.75 Å². The molecule has 16 heavy (non-hydrogen) atoms. The lowest BCUT2D eigenvalue weighted by atomic mass is 9.98. The molecule has 2 atom stereocenters. The second-order valence-corrected chi connectivity index (χ2v) is 5.24. The molecule has 0 fully saturated rings. The fraction of sp³-hybridized carbons (Fsp3) is 0.400. The van der Waals surface area contributed by atoms with Crippen molar-refractivity contribution < 1.29 is 13.2 Å². The van der Waals surface area contributed by atoms with E-state index in [1.165, 1.54) is 0 Å². The molecular weight excluding hydrogens is 228 g/mol. The normalized spacial score (nSPS) is 24.6. The van der Waals surface area contributed by atoms with Gasteiger partial charge in [0.05, 0.1) is 12.1 Å². The quantitative estimate of drug-likeness (QED) is 0.800. The summed E-state index contributed by atoms with van der Waals surface area (Å²) in [5, 5.41) is 4.99. The smallest absolute Gasteiger partial charge is 0.274 e. The van der Waals surface area contributed by atoms with Crippen LogP contribution in [0.1, 0.15) is 24.9 Å². The Morgan fingerprint density at radius 3 is 2.81 bits per heavy atom. The van der Waals surface area contributed by atoms with Gasteiger partial charge in [-0.1, -0.05) is 18.2 Å². The molecule has 2 rings (SSSR count). The van der Waals surface area contributed by atoms with E-state index >= 15 is 0 Å². The fourth-order valence-corrected chi connectivity index (χ4v) is 2.53. The number of rotatable bonds is 2. The van der Waals surface area contributed by atoms with Gasteiger partial charge in [0.25, 0.3) is 10.2 Å². The first kappa shape index (κ1) is 11.4. The predicted molar refractivity (Wildman–Crippen MR) is 60.1 cm³/mol. The number of para-hydroxylation sites is 1. The van der Waals surface area contributed by atoms with Gasteiger partial charge in [-0.2, -0.15) is 13.1 Å². The van der Waals surface area contributed by atoms with Crippen molar-refractivity contribution in [2.75, 3.05) is 0 Å². The lowest BCUT2D eigenvalue weighted by molar-refractivity contribution is 0.173. The Morgan fingerprint density at radius 2 is 2.12 bits per heavy atom. The average molecular weight is 242 g/mol. The third-order valence-corrected chi connectivity index (χ3v) is 3.11. The standard InChI is InChI=1S/C10H14N2O3S/c1-7-6-9(12-16(11,13)14)8-4-2-3-5-10(8)15-7/h2-5,7,9,12H,6H2,1H3,(H2,11,13,14)/t7-,9-/m0/s1. The van der Waals surface area contributed by atoms with Gasteiger partial charge in [0.15, 0.2) is 0 Å². The molecule has 3 N–H and O–H groups in total. The molecule has 1 aromatic rings. The van der Waals surface area contributed by atoms with Crippen LogP contribution in [0.15, 0.2) is 24.3 Å². The van der Waals surface area contributed by atoms with E-state index in [4.69, 9.17) is 9.88 Å². The Hall–Kier alpha value is -1.11. The van der Waals surface area contributed by atoms with Crippen LogP contribution in [0.4, 0.5) is 0 Å². The van der Waals surface area contributed by atoms with Crippen LogP contribution in [0.2, 0.25) is 0 Å². The zero-order chi connectivity index (χ0) is 11.8. The maximum Gasteiger partial charge on any atom is 0.274 e. The summed E-state index contributed by atoms with van der Waals surface area (Å²) < 4.78 is 30.1. The van der Waals surface area contributed by atoms with Gasteiger partial charge in [-0.3, -0.25) is 0 Å². The van der Waals surface area contributed by atoms with E-state index in [9.17, 15) is 8.42 Å². The van der Waals surface area contributed by atoms with Crippen molar-refractivity contribution in [2.24, 2.45) is 5.14 Å². The summed E-state index contributed by atoms with van der Waals surface area (Å²) in [6, 6.07) is 7.04. The summed E-state index contributed by atoms with van der Waals surface area (Å²) in [5.41, 5.74) is 0.828. The summed E-state index contributed by atoms with van der Waals surface area (Å²) in [6.45, 7) is 1.90. The molecule has 6 heteroatoms. The maximum absolute atomic E-state index is 11.0. The minimum atomic E-state index is -3.70. The first-order valence-corrected chi connectivity index (χ1v) is 6.56. The second-order valence-electron chi connectivity index (χ2n) is 3.92. The number of fused-ring (bicyclic) bond motifs is 1. The highest BCUT2D eigenvalue weighted by atomic mass is 32.2. The zero-order valence-electron chi connectivity index (χ0n) is 8.88. The lowest BCUT2D eigenvalue weighted by Crippen LogP contribution is -2.38. The van der Waals surface area contributed by atoms with Crippen LogP contribution in [0.25, 0.3) is 0 Å². The van der Waals surface area contributed by atoms with Crippen LogP contribution in [0, 0.1) is 0 Å². The number of hydrogen-bond donors (Lipinski definition) is 2. The molecule has 88 valence electrons. The third kappa shape index (κ3) is 2.52. The van der Waals surface area contributed by atoms with Crippen molar-refractivity contribution in [2.45, 2.75) is 25.5 Å². The van der Waals surface area contributed by atoms with Gasteiger partial charge in [0.2, 0.25) is 0 Å². The Morgan fingerprint density at radius 1 is 1.44 bits per heavy atom. The minimum absolute atomic E-state index is 0.0332. The SMILES string of the molecule is C[C@H]1C[C@H](NS(N)(=O)=O)c2ccccc2O1. The number of ether oxygens (including phenoxy) is 1. The van der Waals surface area contributed by atoms with Gasteiger partial charge in [0.1, 0.15) is 5.75 Å². The van der Waals surface area contributed by atoms with E-state index < -0.39 is 10.2 Å². The van der Waals surface area contributed by atoms with Crippen LogP contribution < -0.4 is 14.6 Å². The predicted octanol–water partition coefficient (Wildman–Crippen LogP) is 0.692. The van der Waals surface area contributed by atoms with E-state index in [1.54, 1.807) is 0 Å². The molecule has 0 amide bonds. The van der Waals surface area contributed by atoms with E-state index in [-0.39, 0.29) is 12.1 Å². The molecule has 0 radical (unpaired) electrons. The van der Waals surface area contributed by atoms with Crippen molar-refractivity contribution in [1.82, 2.24) is 4.72 Å². The zero-order valence-corrected chi connectivity index (χ0v) is 9.70. The van der Waals surface area contributed by atoms with Crippen LogP contribution in [-0.4, -0.2) is 14.5 Å². The Kier molecular flexibility index (Phi) is 2.88. The van der Waals surface area contributed by atoms with Gasteiger partial charge in [-0.05, 0) is 13.0 Å². The van der Waals surface area contributed by atoms with Crippen LogP contribution >= 0.6 is 0 Å². The topological polar surface area (TPSA) is 81.4 Å². The van der Waals surface area contributed by atoms with Gasteiger partial charge in [-0.15, -0.1) is 0 Å². The molecule has 5 nitrogen and oxygen atoms in total. The molecule has 1 aliphatic rings. The van der Waals surface area contributed by atoms with E-state index in [0.717, 1.165) is 5.56 Å². The van der Waals surface area contributed by atoms with Crippen molar-refractivity contribution in [1.29, 1.82) is 0 Å². The molecule has 0 saturated carbocycles. The summed E-state index contributed by atoms with van der Waals surface area (Å²) in [5.74, 6) is 0.711. The second kappa shape index (κ2) is 4.04. The highest BCUT2D eigenvalue weighted by Gasteiger charge is 2.27. The molecule has 0 spiro atoms. The summed E-state index contributed by atoms with van der Waals surface area (Å²) in [6.07, 6.45) is 0.544. The fourth-order valence-electron chi connectivity index (χ4n) is 1.91. The highest BCUT2D eigenvalue weighted by Crippen LogP contribution is 2.34. The number of hydrogen-bond acceptors (Lipinski definition) is 3. The molecule has 1 heterocycles. The number of benzene rings is 1. The first-order valence-electron chi connectivity index (χ1n) is 5.01. The van der Waals surface area contributed by atoms with E-state index in [1.807, 2.05) is 31.2 Å². The molecule has 0 saturated heterocycles. The Bertz CT molecular complexity index is 487. The monoisotopic (exact) mass is 242 g/mol. The van der Waals surface area contributed by atoms with Crippen LogP contribution in [-0.2, 0) is 10.2 Å². The lowest BCUT2D eigenvalue weighted by Gasteiger charge is -2.30. The van der Waals surface area contributed by atoms with Crippen molar-refractivity contribution in [3.05, 3.63) is 29.8 Å². The van der Waals surface area contributed by atoms with Gasteiger partial charge in [0, 0.05) is 12.0 Å². The maximum atomic E-state index is 11.0. The first-order chi connectivity index (χ1) is 7.46. The van der Waals surface area contributed by atoms with Gasteiger partial charge < -0.3 is 4.74 Å². The van der Waals surface area contributed by atoms with E-state index in [2.05, 4.69) is 4.72 Å². The third-order valence-electron chi connectivity index (χ3n) is 2.50. The minimum Gasteiger partial charge on any atom is -0.490 e. The van der Waals surface area contributed by atoms with E-state index in [0.29, 0.717) is 12.2 Å².